The van der Waals surface area contributed by atoms with E-state index in [4.69, 9.17) is 0 Å². The van der Waals surface area contributed by atoms with Crippen molar-refractivity contribution in [3.63, 3.8) is 0 Å². The second-order valence-electron chi connectivity index (χ2n) is 6.86. The van der Waals surface area contributed by atoms with Crippen molar-refractivity contribution < 1.29 is 4.79 Å². The van der Waals surface area contributed by atoms with Crippen LogP contribution in [0.1, 0.15) is 47.8 Å². The average molecular weight is 368 g/mol. The number of hydrogen-bond donors (Lipinski definition) is 0. The van der Waals surface area contributed by atoms with Crippen molar-refractivity contribution in [2.75, 3.05) is 13.1 Å². The van der Waals surface area contributed by atoms with Crippen LogP contribution in [0, 0.1) is 0 Å². The van der Waals surface area contributed by atoms with Crippen LogP contribution in [0.3, 0.4) is 0 Å². The van der Waals surface area contributed by atoms with E-state index in [1.165, 1.54) is 0 Å². The Hall–Kier alpha value is -2.97. The van der Waals surface area contributed by atoms with Crippen LogP contribution in [0.25, 0.3) is 0 Å². The van der Waals surface area contributed by atoms with Gasteiger partial charge in [0, 0.05) is 51.2 Å². The molecule has 142 valence electrons. The number of likely N-dealkylation sites (tertiary alicyclic amines) is 1. The Kier molecular flexibility index (Phi) is 4.74. The van der Waals surface area contributed by atoms with E-state index in [2.05, 4.69) is 31.9 Å². The van der Waals surface area contributed by atoms with Gasteiger partial charge < -0.3 is 9.47 Å². The zero-order valence-corrected chi connectivity index (χ0v) is 15.7. The Morgan fingerprint density at radius 2 is 2.04 bits per heavy atom. The van der Waals surface area contributed by atoms with Gasteiger partial charge in [-0.05, 0) is 31.9 Å². The SMILES string of the molecule is CCn1c(Cn2cccn2)nnc1C1CCN(C(=O)c2ccn(C)n2)CC1. The summed E-state index contributed by atoms with van der Waals surface area (Å²) in [6.45, 7) is 4.98. The summed E-state index contributed by atoms with van der Waals surface area (Å²) in [5.41, 5.74) is 0.509. The molecule has 9 nitrogen and oxygen atoms in total. The number of hydrogen-bond acceptors (Lipinski definition) is 5. The zero-order valence-electron chi connectivity index (χ0n) is 15.7. The molecule has 0 saturated carbocycles. The molecule has 0 bridgehead atoms. The van der Waals surface area contributed by atoms with E-state index < -0.39 is 0 Å². The first kappa shape index (κ1) is 17.4. The Morgan fingerprint density at radius 1 is 1.22 bits per heavy atom. The quantitative estimate of drug-likeness (QED) is 0.677. The normalized spacial score (nSPS) is 15.4. The van der Waals surface area contributed by atoms with Crippen LogP contribution in [0.5, 0.6) is 0 Å². The van der Waals surface area contributed by atoms with E-state index in [1.54, 1.807) is 23.1 Å². The number of piperidine rings is 1. The van der Waals surface area contributed by atoms with Crippen LogP contribution >= 0.6 is 0 Å². The molecule has 3 aromatic rings. The molecule has 0 spiro atoms. The lowest BCUT2D eigenvalue weighted by molar-refractivity contribution is 0.0703. The van der Waals surface area contributed by atoms with E-state index in [-0.39, 0.29) is 5.91 Å². The van der Waals surface area contributed by atoms with E-state index >= 15 is 0 Å². The maximum atomic E-state index is 12.6. The number of aryl methyl sites for hydroxylation is 1. The standard InChI is InChI=1S/C18H24N8O/c1-3-26-16(13-25-9-4-8-19-25)20-21-17(26)14-5-11-24(12-6-14)18(27)15-7-10-23(2)22-15/h4,7-10,14H,3,5-6,11-13H2,1-2H3. The second kappa shape index (κ2) is 7.34. The van der Waals surface area contributed by atoms with Crippen LogP contribution in [0.2, 0.25) is 0 Å². The highest BCUT2D eigenvalue weighted by Gasteiger charge is 2.29. The minimum absolute atomic E-state index is 0.00498. The molecule has 0 unspecified atom stereocenters. The van der Waals surface area contributed by atoms with Gasteiger partial charge in [-0.2, -0.15) is 10.2 Å². The zero-order chi connectivity index (χ0) is 18.8. The van der Waals surface area contributed by atoms with E-state index in [0.29, 0.717) is 31.2 Å². The first-order valence-corrected chi connectivity index (χ1v) is 9.34. The topological polar surface area (TPSA) is 86.7 Å². The lowest BCUT2D eigenvalue weighted by atomic mass is 9.95. The monoisotopic (exact) mass is 368 g/mol. The number of carbonyl (C=O) groups excluding carboxylic acids is 1. The average Bonchev–Trinajstić information content (AvgIpc) is 3.43. The summed E-state index contributed by atoms with van der Waals surface area (Å²) in [7, 11) is 1.82. The molecule has 4 rings (SSSR count). The molecule has 4 heterocycles. The van der Waals surface area contributed by atoms with Crippen LogP contribution in [0.4, 0.5) is 0 Å². The van der Waals surface area contributed by atoms with Crippen molar-refractivity contribution in [1.82, 2.24) is 39.2 Å². The molecule has 1 aliphatic heterocycles. The number of carbonyl (C=O) groups is 1. The molecule has 0 aliphatic carbocycles. The van der Waals surface area contributed by atoms with Gasteiger partial charge in [0.05, 0.1) is 0 Å². The molecule has 1 saturated heterocycles. The first-order valence-electron chi connectivity index (χ1n) is 9.34. The largest absolute Gasteiger partial charge is 0.337 e. The fourth-order valence-corrected chi connectivity index (χ4v) is 3.68. The minimum atomic E-state index is 0.00498. The second-order valence-corrected chi connectivity index (χ2v) is 6.86. The first-order chi connectivity index (χ1) is 13.2. The van der Waals surface area contributed by atoms with Crippen molar-refractivity contribution >= 4 is 5.91 Å². The van der Waals surface area contributed by atoms with Gasteiger partial charge in [0.25, 0.3) is 5.91 Å². The van der Waals surface area contributed by atoms with Crippen LogP contribution < -0.4 is 0 Å². The third-order valence-electron chi connectivity index (χ3n) is 5.11. The lowest BCUT2D eigenvalue weighted by Crippen LogP contribution is -2.38. The van der Waals surface area contributed by atoms with Crippen LogP contribution in [0.15, 0.2) is 30.7 Å². The van der Waals surface area contributed by atoms with Crippen molar-refractivity contribution in [2.45, 2.75) is 38.8 Å². The lowest BCUT2D eigenvalue weighted by Gasteiger charge is -2.31. The predicted molar refractivity (Wildman–Crippen MR) is 98.1 cm³/mol. The van der Waals surface area contributed by atoms with Crippen molar-refractivity contribution in [3.8, 4) is 0 Å². The smallest absolute Gasteiger partial charge is 0.274 e. The molecule has 0 atom stereocenters. The van der Waals surface area contributed by atoms with Gasteiger partial charge in [0.2, 0.25) is 0 Å². The van der Waals surface area contributed by atoms with Crippen molar-refractivity contribution in [3.05, 3.63) is 48.1 Å². The number of amides is 1. The molecule has 1 aliphatic rings. The summed E-state index contributed by atoms with van der Waals surface area (Å²) in [6, 6.07) is 3.67. The summed E-state index contributed by atoms with van der Waals surface area (Å²) in [5, 5.41) is 17.3. The Bertz CT molecular complexity index is 902. The van der Waals surface area contributed by atoms with E-state index in [1.807, 2.05) is 28.9 Å². The van der Waals surface area contributed by atoms with Crippen molar-refractivity contribution in [2.24, 2.45) is 7.05 Å². The number of rotatable bonds is 5. The highest BCUT2D eigenvalue weighted by Crippen LogP contribution is 2.28. The van der Waals surface area contributed by atoms with Gasteiger partial charge in [-0.3, -0.25) is 14.2 Å². The Labute approximate surface area is 157 Å². The van der Waals surface area contributed by atoms with Gasteiger partial charge >= 0.3 is 0 Å². The molecule has 0 N–H and O–H groups in total. The molecule has 27 heavy (non-hydrogen) atoms. The molecule has 3 aromatic heterocycles. The highest BCUT2D eigenvalue weighted by molar-refractivity contribution is 5.92. The van der Waals surface area contributed by atoms with E-state index in [0.717, 1.165) is 31.0 Å². The molecule has 1 fully saturated rings. The Morgan fingerprint density at radius 3 is 2.67 bits per heavy atom. The Balaban J connectivity index is 1.43. The summed E-state index contributed by atoms with van der Waals surface area (Å²) in [4.78, 5) is 14.5. The van der Waals surface area contributed by atoms with Gasteiger partial charge in [0.1, 0.15) is 18.1 Å². The molecular weight excluding hydrogens is 344 g/mol. The fraction of sp³-hybridized carbons (Fsp3) is 0.500. The number of nitrogens with zero attached hydrogens (tertiary/aromatic N) is 8. The molecular formula is C18H24N8O. The third-order valence-corrected chi connectivity index (χ3v) is 5.11. The summed E-state index contributed by atoms with van der Waals surface area (Å²) >= 11 is 0. The molecule has 0 aromatic carbocycles. The summed E-state index contributed by atoms with van der Waals surface area (Å²) < 4.78 is 5.70. The highest BCUT2D eigenvalue weighted by atomic mass is 16.2. The summed E-state index contributed by atoms with van der Waals surface area (Å²) in [5.74, 6) is 2.26. The molecule has 0 radical (unpaired) electrons. The van der Waals surface area contributed by atoms with E-state index in [9.17, 15) is 4.79 Å². The number of aromatic nitrogens is 7. The maximum absolute atomic E-state index is 12.6. The van der Waals surface area contributed by atoms with Gasteiger partial charge in [0.15, 0.2) is 5.82 Å². The van der Waals surface area contributed by atoms with Gasteiger partial charge in [-0.1, -0.05) is 0 Å². The molecule has 9 heteroatoms. The van der Waals surface area contributed by atoms with Crippen LogP contribution in [-0.2, 0) is 20.1 Å². The van der Waals surface area contributed by atoms with Gasteiger partial charge in [-0.25, -0.2) is 0 Å². The fourth-order valence-electron chi connectivity index (χ4n) is 3.68. The summed E-state index contributed by atoms with van der Waals surface area (Å²) in [6.07, 6.45) is 7.26. The van der Waals surface area contributed by atoms with Crippen LogP contribution in [-0.4, -0.2) is 58.2 Å². The maximum Gasteiger partial charge on any atom is 0.274 e. The third kappa shape index (κ3) is 3.49. The predicted octanol–water partition coefficient (Wildman–Crippen LogP) is 1.30. The minimum Gasteiger partial charge on any atom is -0.337 e. The van der Waals surface area contributed by atoms with Gasteiger partial charge in [-0.15, -0.1) is 10.2 Å². The molecule has 1 amide bonds. The van der Waals surface area contributed by atoms with Crippen molar-refractivity contribution in [1.29, 1.82) is 0 Å².